The predicted octanol–water partition coefficient (Wildman–Crippen LogP) is 2.12. The minimum Gasteiger partial charge on any atom is -0.461 e. The fourth-order valence-electron chi connectivity index (χ4n) is 2.21. The number of carbonyl (C=O) groups is 4. The minimum atomic E-state index is -1.25. The van der Waals surface area contributed by atoms with Crippen LogP contribution in [0.3, 0.4) is 0 Å². The molecule has 0 aliphatic heterocycles. The van der Waals surface area contributed by atoms with Gasteiger partial charge in [0.25, 0.3) is 0 Å². The molecule has 0 aliphatic rings. The van der Waals surface area contributed by atoms with Gasteiger partial charge in [0, 0.05) is 0 Å². The van der Waals surface area contributed by atoms with Crippen LogP contribution < -0.4 is 10.6 Å². The molecule has 0 bridgehead atoms. The molecule has 0 spiro atoms. The first kappa shape index (κ1) is 24.6. The van der Waals surface area contributed by atoms with E-state index in [1.54, 1.807) is 41.5 Å². The summed E-state index contributed by atoms with van der Waals surface area (Å²) in [4.78, 5) is 48.5. The van der Waals surface area contributed by atoms with E-state index in [4.69, 9.17) is 9.47 Å². The van der Waals surface area contributed by atoms with Crippen molar-refractivity contribution in [2.75, 3.05) is 6.61 Å². The Bertz CT molecular complexity index is 572. The van der Waals surface area contributed by atoms with Gasteiger partial charge >= 0.3 is 12.1 Å². The van der Waals surface area contributed by atoms with Crippen LogP contribution in [0.5, 0.6) is 0 Å². The molecule has 0 unspecified atom stereocenters. The maximum absolute atomic E-state index is 12.7. The highest BCUT2D eigenvalue weighted by Crippen LogP contribution is 2.20. The van der Waals surface area contributed by atoms with E-state index in [9.17, 15) is 19.2 Å². The summed E-state index contributed by atoms with van der Waals surface area (Å²) < 4.78 is 10.0. The van der Waals surface area contributed by atoms with E-state index in [-0.39, 0.29) is 12.4 Å². The Kier molecular flexibility index (Phi) is 9.19. The zero-order valence-corrected chi connectivity index (χ0v) is 17.3. The van der Waals surface area contributed by atoms with Crippen molar-refractivity contribution in [1.82, 2.24) is 10.6 Å². The molecule has 0 saturated heterocycles. The average Bonchev–Trinajstić information content (AvgIpc) is 2.46. The molecule has 0 fully saturated rings. The van der Waals surface area contributed by atoms with Crippen molar-refractivity contribution in [3.63, 3.8) is 0 Å². The zero-order valence-electron chi connectivity index (χ0n) is 17.3. The Hall–Kier alpha value is -2.38. The van der Waals surface area contributed by atoms with E-state index < -0.39 is 47.5 Å². The number of Topliss-reactive ketones (excluding diaryl/α,β-unsaturated/α-hetero) is 1. The van der Waals surface area contributed by atoms with Crippen LogP contribution in [0, 0.1) is 5.41 Å². The average molecular weight is 384 g/mol. The van der Waals surface area contributed by atoms with Crippen LogP contribution in [0.4, 0.5) is 4.79 Å². The van der Waals surface area contributed by atoms with E-state index in [2.05, 4.69) is 17.2 Å². The van der Waals surface area contributed by atoms with Crippen molar-refractivity contribution in [3.8, 4) is 0 Å². The molecule has 0 aromatic heterocycles. The van der Waals surface area contributed by atoms with Crippen molar-refractivity contribution in [2.24, 2.45) is 5.41 Å². The highest BCUT2D eigenvalue weighted by atomic mass is 16.6. The quantitative estimate of drug-likeness (QED) is 0.490. The van der Waals surface area contributed by atoms with Crippen LogP contribution in [0.25, 0.3) is 0 Å². The molecular formula is C19H32N2O6. The highest BCUT2D eigenvalue weighted by Gasteiger charge is 2.34. The first-order valence-corrected chi connectivity index (χ1v) is 8.74. The second-order valence-electron chi connectivity index (χ2n) is 8.29. The molecule has 154 valence electrons. The molecule has 0 aromatic rings. The summed E-state index contributed by atoms with van der Waals surface area (Å²) in [5.41, 5.74) is -1.32. The SMILES string of the molecule is C=CCOC(=O)C[C@@H](NC(=O)OC(C)(C)C)C(=O)N[C@H](C(C)=O)C(C)(C)C. The van der Waals surface area contributed by atoms with Crippen LogP contribution in [0.15, 0.2) is 12.7 Å². The molecule has 2 amide bonds. The molecule has 8 nitrogen and oxygen atoms in total. The largest absolute Gasteiger partial charge is 0.461 e. The van der Waals surface area contributed by atoms with Gasteiger partial charge in [-0.25, -0.2) is 4.79 Å². The number of hydrogen-bond donors (Lipinski definition) is 2. The summed E-state index contributed by atoms with van der Waals surface area (Å²) in [6.07, 6.45) is 0.127. The molecule has 2 N–H and O–H groups in total. The number of hydrogen-bond acceptors (Lipinski definition) is 6. The molecule has 0 rings (SSSR count). The van der Waals surface area contributed by atoms with Gasteiger partial charge in [-0.15, -0.1) is 0 Å². The Morgan fingerprint density at radius 2 is 1.59 bits per heavy atom. The third-order valence-corrected chi connectivity index (χ3v) is 3.30. The number of alkyl carbamates (subject to hydrolysis) is 1. The maximum atomic E-state index is 12.7. The monoisotopic (exact) mass is 384 g/mol. The number of rotatable bonds is 8. The van der Waals surface area contributed by atoms with Crippen molar-refractivity contribution in [2.45, 2.75) is 72.6 Å². The van der Waals surface area contributed by atoms with E-state index >= 15 is 0 Å². The summed E-state index contributed by atoms with van der Waals surface area (Å²) >= 11 is 0. The summed E-state index contributed by atoms with van der Waals surface area (Å²) in [5.74, 6) is -1.60. The van der Waals surface area contributed by atoms with Crippen molar-refractivity contribution in [3.05, 3.63) is 12.7 Å². The predicted molar refractivity (Wildman–Crippen MR) is 101 cm³/mol. The lowest BCUT2D eigenvalue weighted by molar-refractivity contribution is -0.144. The van der Waals surface area contributed by atoms with Gasteiger partial charge in [-0.3, -0.25) is 14.4 Å². The number of amides is 2. The number of ether oxygens (including phenoxy) is 2. The van der Waals surface area contributed by atoms with Crippen molar-refractivity contribution in [1.29, 1.82) is 0 Å². The lowest BCUT2D eigenvalue weighted by Gasteiger charge is -2.31. The lowest BCUT2D eigenvalue weighted by atomic mass is 9.84. The van der Waals surface area contributed by atoms with Crippen LogP contribution in [-0.4, -0.2) is 48.0 Å². The lowest BCUT2D eigenvalue weighted by Crippen LogP contribution is -2.56. The van der Waals surface area contributed by atoms with E-state index in [1.807, 2.05) is 0 Å². The normalized spacial score (nSPS) is 13.7. The summed E-state index contributed by atoms with van der Waals surface area (Å²) in [6, 6.07) is -2.03. The molecule has 2 atom stereocenters. The maximum Gasteiger partial charge on any atom is 0.408 e. The first-order valence-electron chi connectivity index (χ1n) is 8.74. The molecule has 0 aliphatic carbocycles. The molecular weight excluding hydrogens is 352 g/mol. The Morgan fingerprint density at radius 3 is 2.00 bits per heavy atom. The fourth-order valence-corrected chi connectivity index (χ4v) is 2.21. The van der Waals surface area contributed by atoms with Gasteiger partial charge in [0.05, 0.1) is 12.5 Å². The number of ketones is 1. The van der Waals surface area contributed by atoms with E-state index in [1.165, 1.54) is 13.0 Å². The van der Waals surface area contributed by atoms with Crippen molar-refractivity contribution < 1.29 is 28.7 Å². The highest BCUT2D eigenvalue weighted by molar-refractivity contribution is 5.93. The van der Waals surface area contributed by atoms with E-state index in [0.29, 0.717) is 0 Å². The molecule has 27 heavy (non-hydrogen) atoms. The van der Waals surface area contributed by atoms with Crippen molar-refractivity contribution >= 4 is 23.8 Å². The standard InChI is InChI=1S/C19H32N2O6/c1-9-10-26-14(23)11-13(20-17(25)27-19(6,7)8)16(24)21-15(12(2)22)18(3,4)5/h9,13,15H,1,10-11H2,2-8H3,(H,20,25)(H,21,24)/t13-,15-/m1/s1. The minimum absolute atomic E-state index is 0.0162. The molecule has 0 heterocycles. The van der Waals surface area contributed by atoms with Gasteiger partial charge in [0.15, 0.2) is 5.78 Å². The summed E-state index contributed by atoms with van der Waals surface area (Å²) in [5, 5.41) is 4.96. The Balaban J connectivity index is 5.33. The molecule has 0 saturated carbocycles. The molecule has 8 heteroatoms. The van der Waals surface area contributed by atoms with Gasteiger partial charge in [0.1, 0.15) is 18.2 Å². The zero-order chi connectivity index (χ0) is 21.4. The van der Waals surface area contributed by atoms with Gasteiger partial charge in [-0.1, -0.05) is 33.4 Å². The third-order valence-electron chi connectivity index (χ3n) is 3.30. The van der Waals surface area contributed by atoms with Crippen LogP contribution >= 0.6 is 0 Å². The number of nitrogens with one attached hydrogen (secondary N) is 2. The smallest absolute Gasteiger partial charge is 0.408 e. The number of carbonyl (C=O) groups excluding carboxylic acids is 4. The van der Waals surface area contributed by atoms with Gasteiger partial charge < -0.3 is 20.1 Å². The first-order chi connectivity index (χ1) is 12.2. The summed E-state index contributed by atoms with van der Waals surface area (Å²) in [6.45, 7) is 15.2. The number of esters is 1. The molecule has 0 aromatic carbocycles. The second-order valence-corrected chi connectivity index (χ2v) is 8.29. The second kappa shape index (κ2) is 10.1. The molecule has 0 radical (unpaired) electrons. The fraction of sp³-hybridized carbons (Fsp3) is 0.684. The van der Waals surface area contributed by atoms with Crippen LogP contribution in [0.1, 0.15) is 54.9 Å². The van der Waals surface area contributed by atoms with Crippen LogP contribution in [0.2, 0.25) is 0 Å². The van der Waals surface area contributed by atoms with Crippen LogP contribution in [-0.2, 0) is 23.9 Å². The van der Waals surface area contributed by atoms with Gasteiger partial charge in [-0.05, 0) is 33.1 Å². The van der Waals surface area contributed by atoms with Gasteiger partial charge in [0.2, 0.25) is 5.91 Å². The third kappa shape index (κ3) is 10.4. The summed E-state index contributed by atoms with van der Waals surface area (Å²) in [7, 11) is 0. The topological polar surface area (TPSA) is 111 Å². The Morgan fingerprint density at radius 1 is 1.04 bits per heavy atom. The van der Waals surface area contributed by atoms with E-state index in [0.717, 1.165) is 0 Å². The Labute approximate surface area is 161 Å². The van der Waals surface area contributed by atoms with Gasteiger partial charge in [-0.2, -0.15) is 0 Å².